The lowest BCUT2D eigenvalue weighted by Gasteiger charge is -2.59. The predicted molar refractivity (Wildman–Crippen MR) is 93.7 cm³/mol. The SMILES string of the molecule is C[C@]12CC[C@@H]3[C@H](C[C@@H](O)C4=CC(=O)CC[C@@]43C)[C@H]1CC[C@H]2C(=O)CO. The van der Waals surface area contributed by atoms with Crippen LogP contribution in [-0.2, 0) is 9.59 Å². The van der Waals surface area contributed by atoms with Crippen LogP contribution in [0, 0.1) is 34.5 Å². The summed E-state index contributed by atoms with van der Waals surface area (Å²) in [6.07, 6.45) is 7.33. The molecule has 138 valence electrons. The number of ketones is 2. The summed E-state index contributed by atoms with van der Waals surface area (Å²) in [5, 5.41) is 20.2. The number of Topliss-reactive ketones (excluding diaryl/α,β-unsaturated/α-hetero) is 1. The minimum atomic E-state index is -0.523. The Hall–Kier alpha value is -1.00. The second-order valence-corrected chi connectivity index (χ2v) is 9.41. The van der Waals surface area contributed by atoms with Crippen molar-refractivity contribution in [2.45, 2.75) is 64.9 Å². The summed E-state index contributed by atoms with van der Waals surface area (Å²) in [5.74, 6) is 1.47. The third-order valence-electron chi connectivity index (χ3n) is 8.52. The molecule has 0 aromatic rings. The van der Waals surface area contributed by atoms with Gasteiger partial charge in [-0.3, -0.25) is 9.59 Å². The summed E-state index contributed by atoms with van der Waals surface area (Å²) in [4.78, 5) is 24.2. The Morgan fingerprint density at radius 1 is 1.20 bits per heavy atom. The predicted octanol–water partition coefficient (Wildman–Crippen LogP) is 2.67. The van der Waals surface area contributed by atoms with Gasteiger partial charge in [0.05, 0.1) is 6.10 Å². The first-order valence-corrected chi connectivity index (χ1v) is 9.88. The molecule has 3 saturated carbocycles. The van der Waals surface area contributed by atoms with Gasteiger partial charge in [0, 0.05) is 12.3 Å². The molecular formula is C21H30O4. The molecule has 0 unspecified atom stereocenters. The average molecular weight is 346 g/mol. The normalized spacial score (nSPS) is 49.0. The lowest BCUT2D eigenvalue weighted by molar-refractivity contribution is -0.134. The fraction of sp³-hybridized carbons (Fsp3) is 0.810. The maximum Gasteiger partial charge on any atom is 0.161 e. The maximum atomic E-state index is 12.3. The maximum absolute atomic E-state index is 12.3. The van der Waals surface area contributed by atoms with Crippen molar-refractivity contribution in [3.8, 4) is 0 Å². The van der Waals surface area contributed by atoms with Gasteiger partial charge >= 0.3 is 0 Å². The highest BCUT2D eigenvalue weighted by Gasteiger charge is 2.61. The van der Waals surface area contributed by atoms with Gasteiger partial charge < -0.3 is 10.2 Å². The lowest BCUT2D eigenvalue weighted by Crippen LogP contribution is -2.54. The van der Waals surface area contributed by atoms with E-state index in [-0.39, 0.29) is 34.9 Å². The molecule has 0 amide bonds. The zero-order chi connectivity index (χ0) is 18.0. The second-order valence-electron chi connectivity index (χ2n) is 9.41. The summed E-state index contributed by atoms with van der Waals surface area (Å²) in [6, 6.07) is 0. The molecule has 4 heteroatoms. The number of carbonyl (C=O) groups is 2. The molecular weight excluding hydrogens is 316 g/mol. The lowest BCUT2D eigenvalue weighted by atomic mass is 9.46. The van der Waals surface area contributed by atoms with Crippen LogP contribution in [0.5, 0.6) is 0 Å². The van der Waals surface area contributed by atoms with Crippen LogP contribution in [0.15, 0.2) is 11.6 Å². The van der Waals surface area contributed by atoms with Gasteiger partial charge in [-0.1, -0.05) is 13.8 Å². The highest BCUT2D eigenvalue weighted by atomic mass is 16.3. The van der Waals surface area contributed by atoms with Crippen molar-refractivity contribution in [2.75, 3.05) is 6.61 Å². The van der Waals surface area contributed by atoms with Crippen LogP contribution >= 0.6 is 0 Å². The first-order chi connectivity index (χ1) is 11.8. The van der Waals surface area contributed by atoms with Crippen molar-refractivity contribution in [1.82, 2.24) is 0 Å². The zero-order valence-electron chi connectivity index (χ0n) is 15.3. The average Bonchev–Trinajstić information content (AvgIpc) is 2.93. The highest BCUT2D eigenvalue weighted by molar-refractivity contribution is 5.92. The van der Waals surface area contributed by atoms with Crippen LogP contribution in [0.25, 0.3) is 0 Å². The summed E-state index contributed by atoms with van der Waals surface area (Å²) >= 11 is 0. The Bertz CT molecular complexity index is 638. The van der Waals surface area contributed by atoms with Crippen LogP contribution in [-0.4, -0.2) is 34.5 Å². The summed E-state index contributed by atoms with van der Waals surface area (Å²) in [7, 11) is 0. The van der Waals surface area contributed by atoms with Crippen molar-refractivity contribution < 1.29 is 19.8 Å². The zero-order valence-corrected chi connectivity index (χ0v) is 15.3. The van der Waals surface area contributed by atoms with Crippen molar-refractivity contribution in [3.05, 3.63) is 11.6 Å². The quantitative estimate of drug-likeness (QED) is 0.806. The van der Waals surface area contributed by atoms with Gasteiger partial charge in [0.25, 0.3) is 0 Å². The van der Waals surface area contributed by atoms with Crippen molar-refractivity contribution in [2.24, 2.45) is 34.5 Å². The Morgan fingerprint density at radius 3 is 2.68 bits per heavy atom. The molecule has 0 radical (unpaired) electrons. The number of hydrogen-bond donors (Lipinski definition) is 2. The number of aliphatic hydroxyl groups excluding tert-OH is 2. The molecule has 0 spiro atoms. The van der Waals surface area contributed by atoms with Crippen LogP contribution in [0.1, 0.15) is 58.8 Å². The Labute approximate surface area is 149 Å². The van der Waals surface area contributed by atoms with Crippen molar-refractivity contribution >= 4 is 11.6 Å². The molecule has 0 aromatic heterocycles. The summed E-state index contributed by atoms with van der Waals surface area (Å²) in [5.41, 5.74) is 0.856. The molecule has 4 rings (SSSR count). The van der Waals surface area contributed by atoms with E-state index in [0.29, 0.717) is 24.2 Å². The van der Waals surface area contributed by atoms with Crippen molar-refractivity contribution in [3.63, 3.8) is 0 Å². The van der Waals surface area contributed by atoms with Gasteiger partial charge in [0.2, 0.25) is 0 Å². The van der Waals surface area contributed by atoms with E-state index in [9.17, 15) is 19.8 Å². The van der Waals surface area contributed by atoms with Crippen LogP contribution in [0.2, 0.25) is 0 Å². The van der Waals surface area contributed by atoms with E-state index in [2.05, 4.69) is 13.8 Å². The third-order valence-corrected chi connectivity index (χ3v) is 8.52. The number of fused-ring (bicyclic) bond motifs is 5. The topological polar surface area (TPSA) is 74.6 Å². The first-order valence-electron chi connectivity index (χ1n) is 9.88. The molecule has 4 aliphatic carbocycles. The molecule has 4 nitrogen and oxygen atoms in total. The van der Waals surface area contributed by atoms with E-state index >= 15 is 0 Å². The van der Waals surface area contributed by atoms with Crippen molar-refractivity contribution in [1.29, 1.82) is 0 Å². The van der Waals surface area contributed by atoms with Gasteiger partial charge in [-0.25, -0.2) is 0 Å². The van der Waals surface area contributed by atoms with Crippen LogP contribution < -0.4 is 0 Å². The monoisotopic (exact) mass is 346 g/mol. The van der Waals surface area contributed by atoms with Gasteiger partial charge in [0.1, 0.15) is 6.61 Å². The molecule has 0 aliphatic heterocycles. The second kappa shape index (κ2) is 5.75. The van der Waals surface area contributed by atoms with E-state index in [1.54, 1.807) is 6.08 Å². The molecule has 0 saturated heterocycles. The number of hydrogen-bond acceptors (Lipinski definition) is 4. The Morgan fingerprint density at radius 2 is 1.96 bits per heavy atom. The fourth-order valence-corrected chi connectivity index (χ4v) is 7.25. The molecule has 0 heterocycles. The van der Waals surface area contributed by atoms with E-state index in [4.69, 9.17) is 0 Å². The van der Waals surface area contributed by atoms with E-state index < -0.39 is 6.10 Å². The van der Waals surface area contributed by atoms with E-state index in [1.165, 1.54) is 0 Å². The number of rotatable bonds is 2. The number of carbonyl (C=O) groups excluding carboxylic acids is 2. The first kappa shape index (κ1) is 17.4. The Balaban J connectivity index is 1.68. The molecule has 0 bridgehead atoms. The van der Waals surface area contributed by atoms with Crippen LogP contribution in [0.4, 0.5) is 0 Å². The Kier molecular flexibility index (Phi) is 4.01. The number of aliphatic hydroxyl groups is 2. The van der Waals surface area contributed by atoms with Gasteiger partial charge in [-0.05, 0) is 78.8 Å². The highest BCUT2D eigenvalue weighted by Crippen LogP contribution is 2.66. The van der Waals surface area contributed by atoms with E-state index in [0.717, 1.165) is 44.1 Å². The minimum absolute atomic E-state index is 0.00475. The van der Waals surface area contributed by atoms with Gasteiger partial charge in [-0.2, -0.15) is 0 Å². The van der Waals surface area contributed by atoms with E-state index in [1.807, 2.05) is 0 Å². The summed E-state index contributed by atoms with van der Waals surface area (Å²) < 4.78 is 0. The molecule has 7 atom stereocenters. The molecule has 4 aliphatic rings. The standard InChI is InChI=1S/C21H30O4/c1-20-8-6-15-13(14(20)3-4-16(20)19(25)11-22)10-18(24)17-9-12(23)5-7-21(15,17)2/h9,13-16,18,22,24H,3-8,10-11H2,1-2H3/t13-,14-,15-,16+,18-,20+,21-/m1/s1. The third kappa shape index (κ3) is 2.33. The molecule has 2 N–H and O–H groups in total. The molecule has 25 heavy (non-hydrogen) atoms. The van der Waals surface area contributed by atoms with Gasteiger partial charge in [0.15, 0.2) is 11.6 Å². The smallest absolute Gasteiger partial charge is 0.161 e. The molecule has 0 aromatic carbocycles. The molecule has 3 fully saturated rings. The van der Waals surface area contributed by atoms with Crippen LogP contribution in [0.3, 0.4) is 0 Å². The van der Waals surface area contributed by atoms with Gasteiger partial charge in [-0.15, -0.1) is 0 Å². The minimum Gasteiger partial charge on any atom is -0.389 e. The largest absolute Gasteiger partial charge is 0.389 e. The fourth-order valence-electron chi connectivity index (χ4n) is 7.25. The summed E-state index contributed by atoms with van der Waals surface area (Å²) in [6.45, 7) is 4.14.